The summed E-state index contributed by atoms with van der Waals surface area (Å²) in [5, 5.41) is 0. The maximum atomic E-state index is 12.1. The van der Waals surface area contributed by atoms with Crippen molar-refractivity contribution in [2.24, 2.45) is 0 Å². The molecule has 1 aliphatic rings. The molecule has 1 N–H and O–H groups in total. The quantitative estimate of drug-likeness (QED) is 0.527. The van der Waals surface area contributed by atoms with E-state index < -0.39 is 28.4 Å². The minimum Gasteiger partial charge on any atom is -0.457 e. The Morgan fingerprint density at radius 2 is 1.79 bits per heavy atom. The normalized spacial score (nSPS) is 12.6. The molecule has 0 saturated carbocycles. The van der Waals surface area contributed by atoms with E-state index in [9.17, 15) is 18.0 Å². The Labute approximate surface area is 162 Å². The van der Waals surface area contributed by atoms with E-state index in [0.717, 1.165) is 5.56 Å². The highest BCUT2D eigenvalue weighted by atomic mass is 32.2. The Hall–Kier alpha value is -2.91. The van der Waals surface area contributed by atoms with E-state index in [1.165, 1.54) is 18.2 Å². The molecule has 28 heavy (non-hydrogen) atoms. The molecule has 8 nitrogen and oxygen atoms in total. The van der Waals surface area contributed by atoms with Gasteiger partial charge in [0.05, 0.1) is 11.3 Å². The molecule has 0 radical (unpaired) electrons. The van der Waals surface area contributed by atoms with Gasteiger partial charge in [-0.25, -0.2) is 13.1 Å². The maximum absolute atomic E-state index is 12.1. The molecule has 0 fully saturated rings. The summed E-state index contributed by atoms with van der Waals surface area (Å²) < 4.78 is 41.9. The van der Waals surface area contributed by atoms with Crippen molar-refractivity contribution in [2.45, 2.75) is 18.2 Å². The lowest BCUT2D eigenvalue weighted by Gasteiger charge is -2.08. The number of esters is 1. The van der Waals surface area contributed by atoms with Crippen LogP contribution >= 0.6 is 0 Å². The molecule has 0 aromatic heterocycles. The van der Waals surface area contributed by atoms with Gasteiger partial charge in [-0.2, -0.15) is 0 Å². The highest BCUT2D eigenvalue weighted by molar-refractivity contribution is 7.89. The molecule has 0 spiro atoms. The topological polar surface area (TPSA) is 108 Å². The molecule has 0 unspecified atom stereocenters. The molecule has 0 amide bonds. The third-order valence-electron chi connectivity index (χ3n) is 4.01. The predicted molar refractivity (Wildman–Crippen MR) is 98.8 cm³/mol. The van der Waals surface area contributed by atoms with Gasteiger partial charge in [0, 0.05) is 12.1 Å². The predicted octanol–water partition coefficient (Wildman–Crippen LogP) is 1.82. The Kier molecular flexibility index (Phi) is 5.96. The lowest BCUT2D eigenvalue weighted by atomic mass is 10.1. The second-order valence-corrected chi connectivity index (χ2v) is 7.88. The van der Waals surface area contributed by atoms with Crippen LogP contribution in [0.15, 0.2) is 47.4 Å². The second kappa shape index (κ2) is 8.41. The number of sulfonamides is 1. The highest BCUT2D eigenvalue weighted by Gasteiger charge is 2.18. The Morgan fingerprint density at radius 3 is 2.54 bits per heavy atom. The molecule has 148 valence electrons. The van der Waals surface area contributed by atoms with Crippen molar-refractivity contribution < 1.29 is 32.2 Å². The van der Waals surface area contributed by atoms with Gasteiger partial charge in [-0.05, 0) is 37.3 Å². The molecule has 0 atom stereocenters. The summed E-state index contributed by atoms with van der Waals surface area (Å²) >= 11 is 0. The van der Waals surface area contributed by atoms with Crippen LogP contribution < -0.4 is 14.2 Å². The first kappa shape index (κ1) is 19.8. The highest BCUT2D eigenvalue weighted by Crippen LogP contribution is 2.32. The van der Waals surface area contributed by atoms with E-state index in [0.29, 0.717) is 17.1 Å². The lowest BCUT2D eigenvalue weighted by molar-refractivity contribution is -0.142. The van der Waals surface area contributed by atoms with E-state index in [1.807, 2.05) is 6.92 Å². The summed E-state index contributed by atoms with van der Waals surface area (Å²) in [6.07, 6.45) is -0.195. The molecule has 3 rings (SSSR count). The first-order valence-corrected chi connectivity index (χ1v) is 9.98. The Morgan fingerprint density at radius 1 is 1.07 bits per heavy atom. The summed E-state index contributed by atoms with van der Waals surface area (Å²) in [6.45, 7) is 1.38. The number of carbonyl (C=O) groups excluding carboxylic acids is 2. The van der Waals surface area contributed by atoms with Gasteiger partial charge >= 0.3 is 5.97 Å². The molecule has 1 aliphatic heterocycles. The summed E-state index contributed by atoms with van der Waals surface area (Å²) in [6, 6.07) is 11.0. The van der Waals surface area contributed by atoms with E-state index in [1.54, 1.807) is 24.3 Å². The zero-order valence-electron chi connectivity index (χ0n) is 15.1. The fourth-order valence-electron chi connectivity index (χ4n) is 2.46. The van der Waals surface area contributed by atoms with Crippen molar-refractivity contribution >= 4 is 21.8 Å². The number of fused-ring (bicyclic) bond motifs is 1. The van der Waals surface area contributed by atoms with Crippen molar-refractivity contribution in [3.8, 4) is 11.5 Å². The van der Waals surface area contributed by atoms with Crippen molar-refractivity contribution in [3.05, 3.63) is 53.6 Å². The van der Waals surface area contributed by atoms with E-state index in [2.05, 4.69) is 4.72 Å². The standard InChI is InChI=1S/C19H19NO7S/c1-13-2-5-15(6-3-13)28(23,24)20-9-8-19(22)25-11-16(21)14-4-7-17-18(10-14)27-12-26-17/h2-7,10,20H,8-9,11-12H2,1H3. The van der Waals surface area contributed by atoms with Crippen molar-refractivity contribution in [2.75, 3.05) is 19.9 Å². The maximum Gasteiger partial charge on any atom is 0.307 e. The third-order valence-corrected chi connectivity index (χ3v) is 5.49. The van der Waals surface area contributed by atoms with Gasteiger partial charge in [-0.15, -0.1) is 0 Å². The fraction of sp³-hybridized carbons (Fsp3) is 0.263. The molecule has 2 aromatic carbocycles. The van der Waals surface area contributed by atoms with Crippen molar-refractivity contribution in [1.29, 1.82) is 0 Å². The van der Waals surface area contributed by atoms with Gasteiger partial charge < -0.3 is 14.2 Å². The van der Waals surface area contributed by atoms with Crippen molar-refractivity contribution in [1.82, 2.24) is 4.72 Å². The number of hydrogen-bond acceptors (Lipinski definition) is 7. The first-order chi connectivity index (χ1) is 13.3. The van der Waals surface area contributed by atoms with Crippen LogP contribution in [-0.4, -0.2) is 40.1 Å². The molecular formula is C19H19NO7S. The summed E-state index contributed by atoms with van der Waals surface area (Å²) in [5.41, 5.74) is 1.27. The average Bonchev–Trinajstić information content (AvgIpc) is 3.14. The molecule has 0 aliphatic carbocycles. The average molecular weight is 405 g/mol. The van der Waals surface area contributed by atoms with Crippen LogP contribution in [0.3, 0.4) is 0 Å². The number of hydrogen-bond donors (Lipinski definition) is 1. The van der Waals surface area contributed by atoms with Crippen LogP contribution in [0.5, 0.6) is 11.5 Å². The molecule has 1 heterocycles. The van der Waals surface area contributed by atoms with Gasteiger partial charge in [0.15, 0.2) is 23.9 Å². The number of nitrogens with one attached hydrogen (secondary N) is 1. The number of ether oxygens (including phenoxy) is 3. The van der Waals surface area contributed by atoms with Crippen LogP contribution in [0, 0.1) is 6.92 Å². The van der Waals surface area contributed by atoms with Gasteiger partial charge in [0.1, 0.15) is 0 Å². The first-order valence-electron chi connectivity index (χ1n) is 8.50. The number of Topliss-reactive ketones (excluding diaryl/α,β-unsaturated/α-hetero) is 1. The lowest BCUT2D eigenvalue weighted by Crippen LogP contribution is -2.27. The van der Waals surface area contributed by atoms with E-state index in [-0.39, 0.29) is 24.7 Å². The zero-order valence-corrected chi connectivity index (χ0v) is 16.0. The number of benzene rings is 2. The van der Waals surface area contributed by atoms with Crippen LogP contribution in [0.2, 0.25) is 0 Å². The van der Waals surface area contributed by atoms with Gasteiger partial charge in [-0.3, -0.25) is 9.59 Å². The molecule has 0 bridgehead atoms. The smallest absolute Gasteiger partial charge is 0.307 e. The minimum absolute atomic E-state index is 0.0977. The molecular weight excluding hydrogens is 386 g/mol. The van der Waals surface area contributed by atoms with Gasteiger partial charge in [-0.1, -0.05) is 17.7 Å². The second-order valence-electron chi connectivity index (χ2n) is 6.11. The molecule has 0 saturated heterocycles. The third kappa shape index (κ3) is 4.87. The monoisotopic (exact) mass is 405 g/mol. The number of aryl methyl sites for hydroxylation is 1. The Bertz CT molecular complexity index is 984. The number of ketones is 1. The number of carbonyl (C=O) groups is 2. The van der Waals surface area contributed by atoms with E-state index >= 15 is 0 Å². The molecule has 9 heteroatoms. The van der Waals surface area contributed by atoms with Crippen molar-refractivity contribution in [3.63, 3.8) is 0 Å². The number of rotatable bonds is 8. The van der Waals surface area contributed by atoms with Crippen LogP contribution in [0.25, 0.3) is 0 Å². The molecule has 2 aromatic rings. The summed E-state index contributed by atoms with van der Waals surface area (Å²) in [5.74, 6) is -0.0651. The minimum atomic E-state index is -3.70. The van der Waals surface area contributed by atoms with Crippen LogP contribution in [0.1, 0.15) is 22.3 Å². The Balaban J connectivity index is 1.44. The summed E-state index contributed by atoms with van der Waals surface area (Å²) in [7, 11) is -3.70. The zero-order chi connectivity index (χ0) is 20.1. The van der Waals surface area contributed by atoms with E-state index in [4.69, 9.17) is 14.2 Å². The van der Waals surface area contributed by atoms with Gasteiger partial charge in [0.2, 0.25) is 16.8 Å². The summed E-state index contributed by atoms with van der Waals surface area (Å²) in [4.78, 5) is 24.0. The largest absolute Gasteiger partial charge is 0.457 e. The fourth-order valence-corrected chi connectivity index (χ4v) is 3.49. The van der Waals surface area contributed by atoms with Crippen LogP contribution in [-0.2, 0) is 19.6 Å². The van der Waals surface area contributed by atoms with Crippen LogP contribution in [0.4, 0.5) is 0 Å². The SMILES string of the molecule is Cc1ccc(S(=O)(=O)NCCC(=O)OCC(=O)c2ccc3c(c2)OCO3)cc1. The van der Waals surface area contributed by atoms with Gasteiger partial charge in [0.25, 0.3) is 0 Å².